The summed E-state index contributed by atoms with van der Waals surface area (Å²) in [4.78, 5) is 14.6. The lowest BCUT2D eigenvalue weighted by Gasteiger charge is -2.29. The SMILES string of the molecule is CCCCOC(=O)N1C2CCC=C(c3ccccc3)C1CC2. The van der Waals surface area contributed by atoms with E-state index in [-0.39, 0.29) is 12.1 Å². The van der Waals surface area contributed by atoms with Crippen molar-refractivity contribution in [2.24, 2.45) is 0 Å². The van der Waals surface area contributed by atoms with Crippen LogP contribution in [0.3, 0.4) is 0 Å². The van der Waals surface area contributed by atoms with Gasteiger partial charge in [0.15, 0.2) is 0 Å². The summed E-state index contributed by atoms with van der Waals surface area (Å²) >= 11 is 0. The van der Waals surface area contributed by atoms with Gasteiger partial charge in [-0.15, -0.1) is 0 Å². The number of hydrogen-bond donors (Lipinski definition) is 0. The van der Waals surface area contributed by atoms with Gasteiger partial charge in [0.2, 0.25) is 0 Å². The van der Waals surface area contributed by atoms with Gasteiger partial charge in [0.25, 0.3) is 0 Å². The fourth-order valence-corrected chi connectivity index (χ4v) is 3.63. The van der Waals surface area contributed by atoms with Gasteiger partial charge in [-0.1, -0.05) is 49.8 Å². The van der Waals surface area contributed by atoms with Gasteiger partial charge < -0.3 is 4.74 Å². The number of rotatable bonds is 4. The molecule has 0 aliphatic carbocycles. The van der Waals surface area contributed by atoms with Crippen molar-refractivity contribution in [3.63, 3.8) is 0 Å². The minimum Gasteiger partial charge on any atom is -0.449 e. The molecular weight excluding hydrogens is 274 g/mol. The Kier molecular flexibility index (Phi) is 4.81. The summed E-state index contributed by atoms with van der Waals surface area (Å²) in [6, 6.07) is 11.0. The molecule has 0 radical (unpaired) electrons. The number of allylic oxidation sites excluding steroid dienone is 1. The highest BCUT2D eigenvalue weighted by molar-refractivity contribution is 5.77. The maximum atomic E-state index is 12.5. The monoisotopic (exact) mass is 299 g/mol. The first-order valence-corrected chi connectivity index (χ1v) is 8.52. The lowest BCUT2D eigenvalue weighted by molar-refractivity contribution is 0.0896. The predicted octanol–water partition coefficient (Wildman–Crippen LogP) is 4.63. The molecule has 0 aromatic heterocycles. The molecule has 22 heavy (non-hydrogen) atoms. The fourth-order valence-electron chi connectivity index (χ4n) is 3.63. The molecule has 1 aromatic rings. The van der Waals surface area contributed by atoms with E-state index in [1.807, 2.05) is 11.0 Å². The summed E-state index contributed by atoms with van der Waals surface area (Å²) < 4.78 is 5.50. The van der Waals surface area contributed by atoms with Crippen molar-refractivity contribution in [2.45, 2.75) is 57.5 Å². The van der Waals surface area contributed by atoms with E-state index in [9.17, 15) is 4.79 Å². The third-order valence-corrected chi connectivity index (χ3v) is 4.77. The van der Waals surface area contributed by atoms with Crippen molar-refractivity contribution in [3.05, 3.63) is 42.0 Å². The molecule has 2 bridgehead atoms. The number of ether oxygens (including phenoxy) is 1. The van der Waals surface area contributed by atoms with Gasteiger partial charge in [-0.3, -0.25) is 4.90 Å². The van der Waals surface area contributed by atoms with E-state index in [1.165, 1.54) is 11.1 Å². The Balaban J connectivity index is 1.80. The van der Waals surface area contributed by atoms with E-state index < -0.39 is 0 Å². The first-order valence-electron chi connectivity index (χ1n) is 8.52. The molecule has 3 rings (SSSR count). The number of carbonyl (C=O) groups is 1. The Morgan fingerprint density at radius 3 is 2.82 bits per heavy atom. The van der Waals surface area contributed by atoms with E-state index in [2.05, 4.69) is 37.3 Å². The Labute approximate surface area is 133 Å². The van der Waals surface area contributed by atoms with Crippen LogP contribution in [-0.4, -0.2) is 29.7 Å². The molecule has 3 heteroatoms. The van der Waals surface area contributed by atoms with Gasteiger partial charge in [0.1, 0.15) is 0 Å². The highest BCUT2D eigenvalue weighted by Gasteiger charge is 2.40. The largest absolute Gasteiger partial charge is 0.449 e. The van der Waals surface area contributed by atoms with Crippen LogP contribution in [0.1, 0.15) is 51.0 Å². The van der Waals surface area contributed by atoms with E-state index in [0.29, 0.717) is 12.6 Å². The number of amides is 1. The molecule has 2 heterocycles. The van der Waals surface area contributed by atoms with Gasteiger partial charge in [-0.2, -0.15) is 0 Å². The molecule has 2 aliphatic rings. The van der Waals surface area contributed by atoms with Crippen molar-refractivity contribution in [1.82, 2.24) is 4.90 Å². The lowest BCUT2D eigenvalue weighted by Crippen LogP contribution is -2.41. The van der Waals surface area contributed by atoms with Crippen molar-refractivity contribution in [2.75, 3.05) is 6.61 Å². The van der Waals surface area contributed by atoms with Gasteiger partial charge in [0.05, 0.1) is 12.6 Å². The maximum absolute atomic E-state index is 12.5. The molecule has 1 amide bonds. The van der Waals surface area contributed by atoms with Crippen molar-refractivity contribution in [1.29, 1.82) is 0 Å². The molecule has 1 fully saturated rings. The number of benzene rings is 1. The maximum Gasteiger partial charge on any atom is 0.410 e. The van der Waals surface area contributed by atoms with Crippen LogP contribution in [0.2, 0.25) is 0 Å². The molecule has 1 saturated heterocycles. The predicted molar refractivity (Wildman–Crippen MR) is 88.6 cm³/mol. The molecule has 2 atom stereocenters. The fraction of sp³-hybridized carbons (Fsp3) is 0.526. The summed E-state index contributed by atoms with van der Waals surface area (Å²) in [5.41, 5.74) is 2.54. The zero-order valence-corrected chi connectivity index (χ0v) is 13.3. The van der Waals surface area contributed by atoms with E-state index in [0.717, 1.165) is 38.5 Å². The first-order chi connectivity index (χ1) is 10.8. The lowest BCUT2D eigenvalue weighted by atomic mass is 9.94. The molecule has 2 unspecified atom stereocenters. The molecule has 118 valence electrons. The number of nitrogens with zero attached hydrogens (tertiary/aromatic N) is 1. The van der Waals surface area contributed by atoms with Gasteiger partial charge in [0, 0.05) is 6.04 Å². The number of fused-ring (bicyclic) bond motifs is 2. The van der Waals surface area contributed by atoms with Crippen LogP contribution in [0.25, 0.3) is 5.57 Å². The van der Waals surface area contributed by atoms with Gasteiger partial charge in [-0.05, 0) is 43.2 Å². The zero-order chi connectivity index (χ0) is 15.4. The highest BCUT2D eigenvalue weighted by atomic mass is 16.6. The summed E-state index contributed by atoms with van der Waals surface area (Å²) in [6.45, 7) is 2.65. The summed E-state index contributed by atoms with van der Waals surface area (Å²) in [5.74, 6) is 0. The second-order valence-corrected chi connectivity index (χ2v) is 6.23. The Morgan fingerprint density at radius 2 is 2.05 bits per heavy atom. The van der Waals surface area contributed by atoms with Crippen molar-refractivity contribution >= 4 is 11.7 Å². The van der Waals surface area contributed by atoms with E-state index in [4.69, 9.17) is 4.74 Å². The molecule has 3 nitrogen and oxygen atoms in total. The zero-order valence-electron chi connectivity index (χ0n) is 13.3. The first kappa shape index (κ1) is 15.1. The van der Waals surface area contributed by atoms with Crippen LogP contribution < -0.4 is 0 Å². The summed E-state index contributed by atoms with van der Waals surface area (Å²) in [6.07, 6.45) is 8.44. The Bertz CT molecular complexity index is 538. The highest BCUT2D eigenvalue weighted by Crippen LogP contribution is 2.39. The normalized spacial score (nSPS) is 23.9. The second-order valence-electron chi connectivity index (χ2n) is 6.23. The smallest absolute Gasteiger partial charge is 0.410 e. The minimum absolute atomic E-state index is 0.121. The standard InChI is InChI=1S/C19H25NO2/c1-2-3-14-22-19(21)20-16-10-7-11-17(18(20)13-12-16)15-8-5-4-6-9-15/h4-6,8-9,11,16,18H,2-3,7,10,12-14H2,1H3. The molecule has 0 N–H and O–H groups in total. The Morgan fingerprint density at radius 1 is 1.23 bits per heavy atom. The molecular formula is C19H25NO2. The number of hydrogen-bond acceptors (Lipinski definition) is 2. The van der Waals surface area contributed by atoms with Crippen LogP contribution >= 0.6 is 0 Å². The third-order valence-electron chi connectivity index (χ3n) is 4.77. The number of unbranched alkanes of at least 4 members (excludes halogenated alkanes) is 1. The van der Waals surface area contributed by atoms with Crippen LogP contribution in [0.15, 0.2) is 36.4 Å². The summed E-state index contributed by atoms with van der Waals surface area (Å²) in [5, 5.41) is 0. The second kappa shape index (κ2) is 6.99. The van der Waals surface area contributed by atoms with E-state index >= 15 is 0 Å². The Hall–Kier alpha value is -1.77. The topological polar surface area (TPSA) is 29.5 Å². The average Bonchev–Trinajstić information content (AvgIpc) is 2.85. The van der Waals surface area contributed by atoms with Crippen LogP contribution in [0.5, 0.6) is 0 Å². The van der Waals surface area contributed by atoms with Crippen LogP contribution in [-0.2, 0) is 4.74 Å². The molecule has 1 aromatic carbocycles. The quantitative estimate of drug-likeness (QED) is 0.758. The average molecular weight is 299 g/mol. The van der Waals surface area contributed by atoms with Gasteiger partial charge in [-0.25, -0.2) is 4.79 Å². The molecule has 0 saturated carbocycles. The minimum atomic E-state index is -0.121. The number of carbonyl (C=O) groups excluding carboxylic acids is 1. The van der Waals surface area contributed by atoms with Crippen molar-refractivity contribution < 1.29 is 9.53 Å². The third kappa shape index (κ3) is 3.03. The van der Waals surface area contributed by atoms with E-state index in [1.54, 1.807) is 0 Å². The molecule has 0 spiro atoms. The van der Waals surface area contributed by atoms with Crippen LogP contribution in [0.4, 0.5) is 4.79 Å². The molecule has 2 aliphatic heterocycles. The van der Waals surface area contributed by atoms with Crippen LogP contribution in [0, 0.1) is 0 Å². The van der Waals surface area contributed by atoms with Crippen molar-refractivity contribution in [3.8, 4) is 0 Å². The van der Waals surface area contributed by atoms with Gasteiger partial charge >= 0.3 is 6.09 Å². The summed E-state index contributed by atoms with van der Waals surface area (Å²) in [7, 11) is 0.